The van der Waals surface area contributed by atoms with Crippen LogP contribution in [0.1, 0.15) is 49.3 Å². The summed E-state index contributed by atoms with van der Waals surface area (Å²) in [5.41, 5.74) is 1.62. The maximum Gasteiger partial charge on any atom is 0.387 e. The van der Waals surface area contributed by atoms with Gasteiger partial charge in [-0.2, -0.15) is 8.78 Å². The van der Waals surface area contributed by atoms with Crippen LogP contribution in [0, 0.1) is 0 Å². The van der Waals surface area contributed by atoms with Gasteiger partial charge < -0.3 is 14.8 Å². The number of benzene rings is 3. The minimum absolute atomic E-state index is 0.0701. The van der Waals surface area contributed by atoms with Gasteiger partial charge in [-0.25, -0.2) is 0 Å². The Morgan fingerprint density at radius 3 is 2.67 bits per heavy atom. The summed E-state index contributed by atoms with van der Waals surface area (Å²) in [5, 5.41) is 5.20. The van der Waals surface area contributed by atoms with Gasteiger partial charge in [0, 0.05) is 28.8 Å². The Hall–Kier alpha value is -2.86. The molecule has 0 unspecified atom stereocenters. The van der Waals surface area contributed by atoms with Gasteiger partial charge in [-0.15, -0.1) is 0 Å². The summed E-state index contributed by atoms with van der Waals surface area (Å²) >= 11 is 6.21. The van der Waals surface area contributed by atoms with E-state index in [4.69, 9.17) is 16.3 Å². The largest absolute Gasteiger partial charge is 0.487 e. The fourth-order valence-electron chi connectivity index (χ4n) is 4.91. The predicted molar refractivity (Wildman–Crippen MR) is 123 cm³/mol. The SMILES string of the molecule is O=C(CCc1ccc(OC(F)F)c2ccccc12)N[C@H]1CC2(CCC2)Oc2ccc(Cl)cc21. The van der Waals surface area contributed by atoms with E-state index in [9.17, 15) is 13.6 Å². The lowest BCUT2D eigenvalue weighted by molar-refractivity contribution is -0.123. The van der Waals surface area contributed by atoms with Gasteiger partial charge in [-0.3, -0.25) is 4.79 Å². The quantitative estimate of drug-likeness (QED) is 0.441. The van der Waals surface area contributed by atoms with E-state index < -0.39 is 6.61 Å². The maximum absolute atomic E-state index is 12.9. The van der Waals surface area contributed by atoms with Crippen molar-refractivity contribution in [3.05, 3.63) is 70.7 Å². The molecule has 33 heavy (non-hydrogen) atoms. The number of carbonyl (C=O) groups excluding carboxylic acids is 1. The molecule has 1 saturated carbocycles. The smallest absolute Gasteiger partial charge is 0.387 e. The zero-order valence-corrected chi connectivity index (χ0v) is 18.7. The van der Waals surface area contributed by atoms with Gasteiger partial charge in [0.1, 0.15) is 17.1 Å². The zero-order valence-electron chi connectivity index (χ0n) is 18.0. The van der Waals surface area contributed by atoms with Crippen molar-refractivity contribution in [2.45, 2.75) is 56.8 Å². The van der Waals surface area contributed by atoms with Gasteiger partial charge in [0.05, 0.1) is 6.04 Å². The molecule has 0 saturated heterocycles. The van der Waals surface area contributed by atoms with Crippen molar-refractivity contribution in [2.75, 3.05) is 0 Å². The second-order valence-corrected chi connectivity index (χ2v) is 9.23. The van der Waals surface area contributed by atoms with Gasteiger partial charge in [-0.05, 0) is 60.9 Å². The minimum atomic E-state index is -2.89. The molecule has 2 aliphatic rings. The van der Waals surface area contributed by atoms with Gasteiger partial charge in [0.25, 0.3) is 0 Å². The highest BCUT2D eigenvalue weighted by Crippen LogP contribution is 2.49. The molecular weight excluding hydrogens is 448 g/mol. The molecule has 3 aromatic rings. The fourth-order valence-corrected chi connectivity index (χ4v) is 5.09. The number of aryl methyl sites for hydroxylation is 1. The number of carbonyl (C=O) groups is 1. The molecule has 1 aliphatic carbocycles. The van der Waals surface area contributed by atoms with Crippen LogP contribution >= 0.6 is 11.6 Å². The second-order valence-electron chi connectivity index (χ2n) is 8.79. The van der Waals surface area contributed by atoms with E-state index in [0.717, 1.165) is 47.9 Å². The van der Waals surface area contributed by atoms with E-state index in [1.807, 2.05) is 30.3 Å². The van der Waals surface area contributed by atoms with Gasteiger partial charge in [-0.1, -0.05) is 41.9 Å². The summed E-state index contributed by atoms with van der Waals surface area (Å²) in [6, 6.07) is 15.9. The lowest BCUT2D eigenvalue weighted by Crippen LogP contribution is -2.49. The van der Waals surface area contributed by atoms with Crippen LogP contribution in [-0.2, 0) is 11.2 Å². The van der Waals surface area contributed by atoms with Crippen LogP contribution in [0.25, 0.3) is 10.8 Å². The van der Waals surface area contributed by atoms with Crippen molar-refractivity contribution in [3.8, 4) is 11.5 Å². The first-order valence-electron chi connectivity index (χ1n) is 11.2. The van der Waals surface area contributed by atoms with Crippen molar-refractivity contribution in [2.24, 2.45) is 0 Å². The number of hydrogen-bond acceptors (Lipinski definition) is 3. The van der Waals surface area contributed by atoms with E-state index >= 15 is 0 Å². The third-order valence-corrected chi connectivity index (χ3v) is 6.90. The normalized spacial score (nSPS) is 18.5. The van der Waals surface area contributed by atoms with E-state index in [1.165, 1.54) is 0 Å². The molecule has 4 nitrogen and oxygen atoms in total. The van der Waals surface area contributed by atoms with Crippen molar-refractivity contribution in [1.82, 2.24) is 5.32 Å². The first-order chi connectivity index (χ1) is 15.9. The molecule has 1 heterocycles. The van der Waals surface area contributed by atoms with E-state index in [2.05, 4.69) is 10.1 Å². The number of alkyl halides is 2. The molecule has 0 aromatic heterocycles. The lowest BCUT2D eigenvalue weighted by Gasteiger charge is -2.48. The Labute approximate surface area is 195 Å². The molecule has 0 bridgehead atoms. The number of hydrogen-bond donors (Lipinski definition) is 1. The molecule has 3 aromatic carbocycles. The van der Waals surface area contributed by atoms with Crippen LogP contribution in [0.15, 0.2) is 54.6 Å². The maximum atomic E-state index is 12.9. The van der Waals surface area contributed by atoms with Crippen LogP contribution in [0.4, 0.5) is 8.78 Å². The van der Waals surface area contributed by atoms with Gasteiger partial charge in [0.15, 0.2) is 0 Å². The molecular formula is C26H24ClF2NO3. The van der Waals surface area contributed by atoms with Crippen LogP contribution in [0.5, 0.6) is 11.5 Å². The molecule has 1 fully saturated rings. The van der Waals surface area contributed by atoms with Crippen molar-refractivity contribution < 1.29 is 23.0 Å². The van der Waals surface area contributed by atoms with E-state index in [1.54, 1.807) is 24.3 Å². The summed E-state index contributed by atoms with van der Waals surface area (Å²) in [6.07, 6.45) is 4.59. The highest BCUT2D eigenvalue weighted by atomic mass is 35.5. The number of ether oxygens (including phenoxy) is 2. The van der Waals surface area contributed by atoms with Crippen molar-refractivity contribution >= 4 is 28.3 Å². The number of halogens is 3. The first-order valence-corrected chi connectivity index (χ1v) is 11.5. The third kappa shape index (κ3) is 4.49. The van der Waals surface area contributed by atoms with Gasteiger partial charge >= 0.3 is 6.61 Å². The van der Waals surface area contributed by atoms with Gasteiger partial charge in [0.2, 0.25) is 5.91 Å². The van der Waals surface area contributed by atoms with Crippen LogP contribution < -0.4 is 14.8 Å². The van der Waals surface area contributed by atoms with Crippen LogP contribution in [0.2, 0.25) is 5.02 Å². The Balaban J connectivity index is 1.31. The summed E-state index contributed by atoms with van der Waals surface area (Å²) in [7, 11) is 0. The predicted octanol–water partition coefficient (Wildman–Crippen LogP) is 6.59. The Morgan fingerprint density at radius 2 is 1.94 bits per heavy atom. The standard InChI is InChI=1S/C26H24ClF2NO3/c27-17-8-10-23-20(14-17)21(15-26(33-23)12-3-13-26)30-24(31)11-7-16-6-9-22(32-25(28)29)19-5-2-1-4-18(16)19/h1-2,4-6,8-10,14,21,25H,3,7,11-13,15H2,(H,30,31)/t21-/m0/s1. The fraction of sp³-hybridized carbons (Fsp3) is 0.346. The Kier molecular flexibility index (Phi) is 5.87. The summed E-state index contributed by atoms with van der Waals surface area (Å²) in [4.78, 5) is 12.9. The molecule has 0 radical (unpaired) electrons. The van der Waals surface area contributed by atoms with E-state index in [0.29, 0.717) is 16.8 Å². The van der Waals surface area contributed by atoms with Crippen LogP contribution in [0.3, 0.4) is 0 Å². The first kappa shape index (κ1) is 22.0. The third-order valence-electron chi connectivity index (χ3n) is 6.66. The van der Waals surface area contributed by atoms with Crippen LogP contribution in [-0.4, -0.2) is 18.1 Å². The molecule has 1 spiro atoms. The van der Waals surface area contributed by atoms with Crippen molar-refractivity contribution in [3.63, 3.8) is 0 Å². The average molecular weight is 472 g/mol. The Morgan fingerprint density at radius 1 is 1.15 bits per heavy atom. The number of amides is 1. The topological polar surface area (TPSA) is 47.6 Å². The van der Waals surface area contributed by atoms with E-state index in [-0.39, 0.29) is 29.7 Å². The monoisotopic (exact) mass is 471 g/mol. The van der Waals surface area contributed by atoms with Crippen molar-refractivity contribution in [1.29, 1.82) is 0 Å². The number of nitrogens with one attached hydrogen (secondary N) is 1. The summed E-state index contributed by atoms with van der Waals surface area (Å²) in [6.45, 7) is -2.89. The molecule has 172 valence electrons. The molecule has 1 amide bonds. The highest BCUT2D eigenvalue weighted by molar-refractivity contribution is 6.30. The molecule has 5 rings (SSSR count). The average Bonchev–Trinajstić information content (AvgIpc) is 2.77. The summed E-state index contributed by atoms with van der Waals surface area (Å²) < 4.78 is 36.4. The number of rotatable bonds is 6. The molecule has 1 aliphatic heterocycles. The zero-order chi connectivity index (χ0) is 23.0. The number of fused-ring (bicyclic) bond motifs is 2. The second kappa shape index (κ2) is 8.82. The molecule has 1 N–H and O–H groups in total. The summed E-state index contributed by atoms with van der Waals surface area (Å²) in [5.74, 6) is 0.853. The lowest BCUT2D eigenvalue weighted by atomic mass is 9.73. The highest BCUT2D eigenvalue weighted by Gasteiger charge is 2.45. The minimum Gasteiger partial charge on any atom is -0.487 e. The molecule has 7 heteroatoms. The molecule has 1 atom stereocenters. The Bertz CT molecular complexity index is 1200.